The van der Waals surface area contributed by atoms with Crippen LogP contribution < -0.4 is 10.1 Å². The fourth-order valence-corrected chi connectivity index (χ4v) is 3.32. The summed E-state index contributed by atoms with van der Waals surface area (Å²) in [5.41, 5.74) is -0.473. The third-order valence-corrected chi connectivity index (χ3v) is 4.56. The molecular formula is C20H25ClN2O3. The minimum absolute atomic E-state index is 0.145. The van der Waals surface area contributed by atoms with Crippen LogP contribution in [0.25, 0.3) is 10.8 Å². The van der Waals surface area contributed by atoms with Crippen LogP contribution >= 0.6 is 11.6 Å². The molecule has 1 aliphatic carbocycles. The van der Waals surface area contributed by atoms with Crippen molar-refractivity contribution in [2.75, 3.05) is 0 Å². The van der Waals surface area contributed by atoms with Crippen LogP contribution in [0.2, 0.25) is 5.15 Å². The number of benzene rings is 1. The Labute approximate surface area is 159 Å². The van der Waals surface area contributed by atoms with Gasteiger partial charge in [-0.05, 0) is 76.1 Å². The molecular weight excluding hydrogens is 352 g/mol. The topological polar surface area (TPSA) is 60.5 Å². The van der Waals surface area contributed by atoms with E-state index in [0.717, 1.165) is 42.2 Å². The highest BCUT2D eigenvalue weighted by atomic mass is 35.5. The predicted octanol–water partition coefficient (Wildman–Crippen LogP) is 5.10. The molecule has 0 bridgehead atoms. The molecule has 1 amide bonds. The van der Waals surface area contributed by atoms with Gasteiger partial charge in [-0.15, -0.1) is 0 Å². The molecule has 0 unspecified atom stereocenters. The van der Waals surface area contributed by atoms with Crippen molar-refractivity contribution in [2.24, 2.45) is 0 Å². The molecule has 0 aliphatic heterocycles. The van der Waals surface area contributed by atoms with E-state index in [9.17, 15) is 4.79 Å². The highest BCUT2D eigenvalue weighted by Crippen LogP contribution is 2.27. The van der Waals surface area contributed by atoms with Gasteiger partial charge in [-0.3, -0.25) is 0 Å². The van der Waals surface area contributed by atoms with Gasteiger partial charge in [0, 0.05) is 17.6 Å². The van der Waals surface area contributed by atoms with Crippen molar-refractivity contribution in [1.29, 1.82) is 0 Å². The van der Waals surface area contributed by atoms with E-state index in [1.165, 1.54) is 0 Å². The Morgan fingerprint density at radius 3 is 2.58 bits per heavy atom. The lowest BCUT2D eigenvalue weighted by Crippen LogP contribution is -2.42. The van der Waals surface area contributed by atoms with Crippen LogP contribution in [-0.2, 0) is 4.74 Å². The summed E-state index contributed by atoms with van der Waals surface area (Å²) >= 11 is 5.96. The molecule has 1 aliphatic rings. The van der Waals surface area contributed by atoms with Crippen LogP contribution in [0.4, 0.5) is 4.79 Å². The lowest BCUT2D eigenvalue weighted by atomic mass is 9.93. The smallest absolute Gasteiger partial charge is 0.407 e. The van der Waals surface area contributed by atoms with Gasteiger partial charge < -0.3 is 14.8 Å². The average Bonchev–Trinajstić information content (AvgIpc) is 2.54. The molecule has 0 radical (unpaired) electrons. The molecule has 6 heteroatoms. The van der Waals surface area contributed by atoms with Crippen molar-refractivity contribution in [3.05, 3.63) is 35.6 Å². The quantitative estimate of drug-likeness (QED) is 0.757. The first kappa shape index (κ1) is 18.8. The second-order valence-electron chi connectivity index (χ2n) is 7.75. The van der Waals surface area contributed by atoms with Gasteiger partial charge in [-0.1, -0.05) is 11.6 Å². The normalized spacial score (nSPS) is 20.6. The number of halogens is 1. The van der Waals surface area contributed by atoms with Gasteiger partial charge in [-0.25, -0.2) is 9.78 Å². The second-order valence-corrected chi connectivity index (χ2v) is 8.14. The van der Waals surface area contributed by atoms with Gasteiger partial charge in [0.2, 0.25) is 0 Å². The Hall–Kier alpha value is -2.01. The van der Waals surface area contributed by atoms with Crippen molar-refractivity contribution < 1.29 is 14.3 Å². The average molecular weight is 377 g/mol. The lowest BCUT2D eigenvalue weighted by Gasteiger charge is -2.30. The Morgan fingerprint density at radius 1 is 1.15 bits per heavy atom. The molecule has 1 fully saturated rings. The number of hydrogen-bond acceptors (Lipinski definition) is 4. The van der Waals surface area contributed by atoms with Crippen molar-refractivity contribution in [3.63, 3.8) is 0 Å². The van der Waals surface area contributed by atoms with E-state index in [1.54, 1.807) is 6.20 Å². The van der Waals surface area contributed by atoms with E-state index in [-0.39, 0.29) is 18.2 Å². The fourth-order valence-electron chi connectivity index (χ4n) is 3.16. The van der Waals surface area contributed by atoms with E-state index in [2.05, 4.69) is 10.3 Å². The van der Waals surface area contributed by atoms with E-state index >= 15 is 0 Å². The molecule has 26 heavy (non-hydrogen) atoms. The van der Waals surface area contributed by atoms with Crippen LogP contribution in [0.5, 0.6) is 5.75 Å². The maximum absolute atomic E-state index is 11.9. The van der Waals surface area contributed by atoms with Crippen molar-refractivity contribution in [1.82, 2.24) is 10.3 Å². The summed E-state index contributed by atoms with van der Waals surface area (Å²) < 4.78 is 11.4. The third-order valence-electron chi connectivity index (χ3n) is 4.36. The van der Waals surface area contributed by atoms with Gasteiger partial charge in [0.1, 0.15) is 16.5 Å². The molecule has 140 valence electrons. The van der Waals surface area contributed by atoms with Crippen molar-refractivity contribution in [2.45, 2.75) is 64.2 Å². The highest BCUT2D eigenvalue weighted by Gasteiger charge is 2.25. The number of carbonyl (C=O) groups excluding carboxylic acids is 1. The molecule has 2 aromatic rings. The van der Waals surface area contributed by atoms with E-state index in [1.807, 2.05) is 45.0 Å². The highest BCUT2D eigenvalue weighted by molar-refractivity contribution is 6.30. The van der Waals surface area contributed by atoms with E-state index < -0.39 is 5.60 Å². The van der Waals surface area contributed by atoms with Crippen LogP contribution in [-0.4, -0.2) is 28.8 Å². The van der Waals surface area contributed by atoms with Crippen molar-refractivity contribution in [3.8, 4) is 5.75 Å². The molecule has 1 aromatic carbocycles. The Morgan fingerprint density at radius 2 is 1.88 bits per heavy atom. The van der Waals surface area contributed by atoms with Crippen LogP contribution in [0.3, 0.4) is 0 Å². The first-order valence-corrected chi connectivity index (χ1v) is 9.38. The zero-order valence-electron chi connectivity index (χ0n) is 15.4. The maximum Gasteiger partial charge on any atom is 0.407 e. The van der Waals surface area contributed by atoms with E-state index in [4.69, 9.17) is 21.1 Å². The molecule has 0 saturated heterocycles. The molecule has 1 N–H and O–H groups in total. The third kappa shape index (κ3) is 5.24. The standard InChI is InChI=1S/C20H25ClN2O3/c1-20(2,3)26-19(24)23-15-5-8-16(9-6-15)25-17-7-4-13-12-22-18(21)11-14(13)10-17/h4,7,10-12,15-16H,5-6,8-9H2,1-3H3,(H,23,24)/t15-,16+. The second kappa shape index (κ2) is 7.70. The van der Waals surface area contributed by atoms with Gasteiger partial charge in [0.05, 0.1) is 6.10 Å². The number of aromatic nitrogens is 1. The summed E-state index contributed by atoms with van der Waals surface area (Å²) in [5.74, 6) is 0.836. The molecule has 3 rings (SSSR count). The molecule has 5 nitrogen and oxygen atoms in total. The number of carbonyl (C=O) groups is 1. The number of ether oxygens (including phenoxy) is 2. The fraction of sp³-hybridized carbons (Fsp3) is 0.500. The zero-order valence-corrected chi connectivity index (χ0v) is 16.2. The molecule has 0 atom stereocenters. The summed E-state index contributed by atoms with van der Waals surface area (Å²) in [5, 5.41) is 5.48. The van der Waals surface area contributed by atoms with Crippen LogP contribution in [0.1, 0.15) is 46.5 Å². The van der Waals surface area contributed by atoms with Gasteiger partial charge >= 0.3 is 6.09 Å². The number of amides is 1. The van der Waals surface area contributed by atoms with Gasteiger partial charge in [0.15, 0.2) is 0 Å². The summed E-state index contributed by atoms with van der Waals surface area (Å²) in [6.45, 7) is 5.60. The number of pyridine rings is 1. The van der Waals surface area contributed by atoms with Gasteiger partial charge in [-0.2, -0.15) is 0 Å². The van der Waals surface area contributed by atoms with E-state index in [0.29, 0.717) is 5.15 Å². The minimum Gasteiger partial charge on any atom is -0.490 e. The Balaban J connectivity index is 1.52. The summed E-state index contributed by atoms with van der Waals surface area (Å²) in [6.07, 6.45) is 5.13. The SMILES string of the molecule is CC(C)(C)OC(=O)N[C@H]1CC[C@@H](Oc2ccc3cnc(Cl)cc3c2)CC1. The molecule has 1 saturated carbocycles. The minimum atomic E-state index is -0.473. The first-order chi connectivity index (χ1) is 12.3. The Kier molecular flexibility index (Phi) is 5.56. The van der Waals surface area contributed by atoms with Crippen LogP contribution in [0.15, 0.2) is 30.5 Å². The summed E-state index contributed by atoms with van der Waals surface area (Å²) in [4.78, 5) is 16.0. The van der Waals surface area contributed by atoms with Gasteiger partial charge in [0.25, 0.3) is 0 Å². The zero-order chi connectivity index (χ0) is 18.7. The number of nitrogens with one attached hydrogen (secondary N) is 1. The monoisotopic (exact) mass is 376 g/mol. The largest absolute Gasteiger partial charge is 0.490 e. The number of rotatable bonds is 3. The predicted molar refractivity (Wildman–Crippen MR) is 103 cm³/mol. The van der Waals surface area contributed by atoms with Crippen LogP contribution in [0, 0.1) is 0 Å². The Bertz CT molecular complexity index is 780. The maximum atomic E-state index is 11.9. The molecule has 0 spiro atoms. The first-order valence-electron chi connectivity index (χ1n) is 9.00. The lowest BCUT2D eigenvalue weighted by molar-refractivity contribution is 0.0471. The van der Waals surface area contributed by atoms with Crippen molar-refractivity contribution >= 4 is 28.5 Å². The number of nitrogens with zero attached hydrogens (tertiary/aromatic N) is 1. The summed E-state index contributed by atoms with van der Waals surface area (Å²) in [6, 6.07) is 7.93. The summed E-state index contributed by atoms with van der Waals surface area (Å²) in [7, 11) is 0. The number of fused-ring (bicyclic) bond motifs is 1. The number of hydrogen-bond donors (Lipinski definition) is 1. The number of alkyl carbamates (subject to hydrolysis) is 1. The molecule has 1 aromatic heterocycles. The molecule has 1 heterocycles.